The molecule has 6 heteroatoms. The molecule has 5 nitrogen and oxygen atoms in total. The van der Waals surface area contributed by atoms with Crippen LogP contribution in [0.15, 0.2) is 53.4 Å². The van der Waals surface area contributed by atoms with E-state index in [1.54, 1.807) is 42.3 Å². The van der Waals surface area contributed by atoms with Gasteiger partial charge in [0.15, 0.2) is 0 Å². The molecule has 1 fully saturated rings. The Labute approximate surface area is 161 Å². The molecule has 1 atom stereocenters. The first-order valence-corrected chi connectivity index (χ1v) is 10.6. The van der Waals surface area contributed by atoms with Crippen LogP contribution in [0.3, 0.4) is 0 Å². The van der Waals surface area contributed by atoms with Crippen LogP contribution in [0.5, 0.6) is 0 Å². The largest absolute Gasteiger partial charge is 0.315 e. The fourth-order valence-electron chi connectivity index (χ4n) is 3.58. The molecule has 1 amide bonds. The molecule has 2 aromatic carbocycles. The van der Waals surface area contributed by atoms with Crippen LogP contribution in [0.2, 0.25) is 0 Å². The lowest BCUT2D eigenvalue weighted by molar-refractivity contribution is -0.123. The van der Waals surface area contributed by atoms with E-state index in [4.69, 9.17) is 0 Å². The SMILES string of the molecule is Cc1ccc(C)c(N(C)C(=O)C2CCCN(S(=O)(=O)c3ccccc3)C2)c1. The van der Waals surface area contributed by atoms with Gasteiger partial charge in [-0.3, -0.25) is 4.79 Å². The molecular weight excluding hydrogens is 360 g/mol. The van der Waals surface area contributed by atoms with E-state index in [1.807, 2.05) is 32.0 Å². The molecule has 144 valence electrons. The van der Waals surface area contributed by atoms with Crippen molar-refractivity contribution in [2.45, 2.75) is 31.6 Å². The smallest absolute Gasteiger partial charge is 0.243 e. The summed E-state index contributed by atoms with van der Waals surface area (Å²) in [5.41, 5.74) is 3.00. The molecule has 1 saturated heterocycles. The van der Waals surface area contributed by atoms with E-state index in [1.165, 1.54) is 4.31 Å². The lowest BCUT2D eigenvalue weighted by atomic mass is 9.97. The van der Waals surface area contributed by atoms with Gasteiger partial charge < -0.3 is 4.90 Å². The Kier molecular flexibility index (Phi) is 5.67. The number of hydrogen-bond acceptors (Lipinski definition) is 3. The molecule has 0 saturated carbocycles. The van der Waals surface area contributed by atoms with Crippen molar-refractivity contribution in [1.29, 1.82) is 0 Å². The van der Waals surface area contributed by atoms with Gasteiger partial charge >= 0.3 is 0 Å². The van der Waals surface area contributed by atoms with Gasteiger partial charge in [0.1, 0.15) is 0 Å². The molecule has 0 radical (unpaired) electrons. The Bertz CT molecular complexity index is 926. The number of amides is 1. The average Bonchev–Trinajstić information content (AvgIpc) is 2.69. The summed E-state index contributed by atoms with van der Waals surface area (Å²) in [6, 6.07) is 14.4. The highest BCUT2D eigenvalue weighted by Crippen LogP contribution is 2.27. The molecule has 1 unspecified atom stereocenters. The number of sulfonamides is 1. The number of aryl methyl sites for hydroxylation is 2. The van der Waals surface area contributed by atoms with Gasteiger partial charge in [0.2, 0.25) is 15.9 Å². The van der Waals surface area contributed by atoms with Crippen LogP contribution >= 0.6 is 0 Å². The van der Waals surface area contributed by atoms with E-state index in [-0.39, 0.29) is 23.3 Å². The molecule has 0 N–H and O–H groups in total. The van der Waals surface area contributed by atoms with Crippen molar-refractivity contribution in [2.75, 3.05) is 25.0 Å². The van der Waals surface area contributed by atoms with Crippen LogP contribution in [0.25, 0.3) is 0 Å². The Morgan fingerprint density at radius 2 is 1.81 bits per heavy atom. The maximum Gasteiger partial charge on any atom is 0.243 e. The first-order chi connectivity index (χ1) is 12.8. The van der Waals surface area contributed by atoms with Gasteiger partial charge in [-0.05, 0) is 56.0 Å². The van der Waals surface area contributed by atoms with Gasteiger partial charge in [-0.25, -0.2) is 8.42 Å². The van der Waals surface area contributed by atoms with Crippen molar-refractivity contribution in [3.05, 3.63) is 59.7 Å². The average molecular weight is 387 g/mol. The summed E-state index contributed by atoms with van der Waals surface area (Å²) < 4.78 is 27.2. The fourth-order valence-corrected chi connectivity index (χ4v) is 5.12. The summed E-state index contributed by atoms with van der Waals surface area (Å²) in [5.74, 6) is -0.362. The minimum absolute atomic E-state index is 0.0309. The monoisotopic (exact) mass is 386 g/mol. The molecule has 0 spiro atoms. The third-order valence-electron chi connectivity index (χ3n) is 5.17. The number of anilines is 1. The van der Waals surface area contributed by atoms with Gasteiger partial charge in [-0.15, -0.1) is 0 Å². The van der Waals surface area contributed by atoms with Gasteiger partial charge in [0.05, 0.1) is 10.8 Å². The Hall–Kier alpha value is -2.18. The number of piperidine rings is 1. The van der Waals surface area contributed by atoms with Gasteiger partial charge in [0, 0.05) is 25.8 Å². The Morgan fingerprint density at radius 1 is 1.11 bits per heavy atom. The van der Waals surface area contributed by atoms with Crippen LogP contribution in [-0.4, -0.2) is 38.8 Å². The van der Waals surface area contributed by atoms with E-state index in [0.29, 0.717) is 19.4 Å². The van der Waals surface area contributed by atoms with E-state index < -0.39 is 10.0 Å². The lowest BCUT2D eigenvalue weighted by Crippen LogP contribution is -2.46. The zero-order chi connectivity index (χ0) is 19.6. The molecule has 0 bridgehead atoms. The lowest BCUT2D eigenvalue weighted by Gasteiger charge is -2.33. The number of rotatable bonds is 4. The predicted molar refractivity (Wildman–Crippen MR) is 107 cm³/mol. The predicted octanol–water partition coefficient (Wildman–Crippen LogP) is 3.37. The van der Waals surface area contributed by atoms with Crippen LogP contribution < -0.4 is 4.90 Å². The second kappa shape index (κ2) is 7.82. The van der Waals surface area contributed by atoms with E-state index in [9.17, 15) is 13.2 Å². The molecule has 1 aliphatic heterocycles. The van der Waals surface area contributed by atoms with Crippen molar-refractivity contribution in [2.24, 2.45) is 5.92 Å². The fraction of sp³-hybridized carbons (Fsp3) is 0.381. The summed E-state index contributed by atoms with van der Waals surface area (Å²) in [5, 5.41) is 0. The molecule has 3 rings (SSSR count). The number of benzene rings is 2. The number of carbonyl (C=O) groups is 1. The standard InChI is InChI=1S/C21H26N2O3S/c1-16-11-12-17(2)20(14-16)22(3)21(24)18-8-7-13-23(15-18)27(25,26)19-9-5-4-6-10-19/h4-6,9-12,14,18H,7-8,13,15H2,1-3H3. The first-order valence-electron chi connectivity index (χ1n) is 9.20. The second-order valence-electron chi connectivity index (χ2n) is 7.20. The van der Waals surface area contributed by atoms with Crippen molar-refractivity contribution in [3.8, 4) is 0 Å². The second-order valence-corrected chi connectivity index (χ2v) is 9.14. The van der Waals surface area contributed by atoms with Crippen LogP contribution in [0.4, 0.5) is 5.69 Å². The summed E-state index contributed by atoms with van der Waals surface area (Å²) in [7, 11) is -1.80. The van der Waals surface area contributed by atoms with Crippen LogP contribution in [0.1, 0.15) is 24.0 Å². The molecule has 2 aromatic rings. The van der Waals surface area contributed by atoms with Crippen molar-refractivity contribution >= 4 is 21.6 Å². The zero-order valence-electron chi connectivity index (χ0n) is 16.1. The maximum absolute atomic E-state index is 13.1. The number of hydrogen-bond donors (Lipinski definition) is 0. The molecule has 0 aliphatic carbocycles. The maximum atomic E-state index is 13.1. The number of nitrogens with zero attached hydrogens (tertiary/aromatic N) is 2. The minimum Gasteiger partial charge on any atom is -0.315 e. The van der Waals surface area contributed by atoms with Crippen LogP contribution in [-0.2, 0) is 14.8 Å². The summed E-state index contributed by atoms with van der Waals surface area (Å²) >= 11 is 0. The summed E-state index contributed by atoms with van der Waals surface area (Å²) in [6.07, 6.45) is 1.39. The Morgan fingerprint density at radius 3 is 2.52 bits per heavy atom. The van der Waals surface area contributed by atoms with Gasteiger partial charge in [0.25, 0.3) is 0 Å². The van der Waals surface area contributed by atoms with Crippen molar-refractivity contribution < 1.29 is 13.2 Å². The van der Waals surface area contributed by atoms with Gasteiger partial charge in [-0.1, -0.05) is 30.3 Å². The quantitative estimate of drug-likeness (QED) is 0.810. The van der Waals surface area contributed by atoms with E-state index in [0.717, 1.165) is 16.8 Å². The van der Waals surface area contributed by atoms with Crippen molar-refractivity contribution in [3.63, 3.8) is 0 Å². The third-order valence-corrected chi connectivity index (χ3v) is 7.05. The molecule has 1 aliphatic rings. The minimum atomic E-state index is -3.57. The topological polar surface area (TPSA) is 57.7 Å². The molecule has 0 aromatic heterocycles. The highest BCUT2D eigenvalue weighted by atomic mass is 32.2. The van der Waals surface area contributed by atoms with E-state index >= 15 is 0 Å². The Balaban J connectivity index is 1.80. The normalized spacial score (nSPS) is 18.3. The number of carbonyl (C=O) groups excluding carboxylic acids is 1. The highest BCUT2D eigenvalue weighted by molar-refractivity contribution is 7.89. The first kappa shape index (κ1) is 19.6. The highest BCUT2D eigenvalue weighted by Gasteiger charge is 2.34. The zero-order valence-corrected chi connectivity index (χ0v) is 16.9. The van der Waals surface area contributed by atoms with E-state index in [2.05, 4.69) is 0 Å². The molecule has 1 heterocycles. The molecule has 27 heavy (non-hydrogen) atoms. The summed E-state index contributed by atoms with van der Waals surface area (Å²) in [4.78, 5) is 15.0. The van der Waals surface area contributed by atoms with Gasteiger partial charge in [-0.2, -0.15) is 4.31 Å². The summed E-state index contributed by atoms with van der Waals surface area (Å²) in [6.45, 7) is 4.65. The third kappa shape index (κ3) is 4.06. The molecular formula is C21H26N2O3S. The van der Waals surface area contributed by atoms with Crippen LogP contribution in [0, 0.1) is 19.8 Å². The van der Waals surface area contributed by atoms with Crippen molar-refractivity contribution in [1.82, 2.24) is 4.31 Å².